The molecule has 0 saturated heterocycles. The number of rotatable bonds is 7. The van der Waals surface area contributed by atoms with Crippen LogP contribution >= 0.6 is 11.6 Å². The Balaban J connectivity index is 1.77. The summed E-state index contributed by atoms with van der Waals surface area (Å²) in [6, 6.07) is 9.69. The number of alkyl halides is 2. The summed E-state index contributed by atoms with van der Waals surface area (Å²) in [5.41, 5.74) is 1.85. The van der Waals surface area contributed by atoms with Crippen molar-refractivity contribution >= 4 is 22.7 Å². The first-order valence-corrected chi connectivity index (χ1v) is 8.34. The minimum absolute atomic E-state index is 0.0344. The lowest BCUT2D eigenvalue weighted by molar-refractivity contribution is -0.0512. The zero-order valence-electron chi connectivity index (χ0n) is 14.6. The highest BCUT2D eigenvalue weighted by Crippen LogP contribution is 2.30. The molecule has 0 saturated carbocycles. The summed E-state index contributed by atoms with van der Waals surface area (Å²) in [6.07, 6.45) is 0. The van der Waals surface area contributed by atoms with Crippen molar-refractivity contribution in [1.82, 2.24) is 9.47 Å². The second-order valence-electron chi connectivity index (χ2n) is 5.93. The Kier molecular flexibility index (Phi) is 5.67. The molecule has 0 radical (unpaired) electrons. The number of aromatic nitrogens is 1. The highest BCUT2D eigenvalue weighted by molar-refractivity contribution is 6.31. The third kappa shape index (κ3) is 4.40. The fourth-order valence-electron chi connectivity index (χ4n) is 2.78. The summed E-state index contributed by atoms with van der Waals surface area (Å²) >= 11 is 5.92. The number of hydrogen-bond acceptors (Lipinski definition) is 5. The molecule has 6 nitrogen and oxygen atoms in total. The fourth-order valence-corrected chi connectivity index (χ4v) is 2.94. The first-order chi connectivity index (χ1) is 12.9. The minimum atomic E-state index is -2.93. The number of hydrogen-bond donors (Lipinski definition) is 0. The first kappa shape index (κ1) is 19.2. The molecule has 3 aromatic rings. The van der Waals surface area contributed by atoms with E-state index in [0.717, 1.165) is 5.56 Å². The molecule has 0 atom stereocenters. The van der Waals surface area contributed by atoms with Gasteiger partial charge in [-0.3, -0.25) is 9.47 Å². The van der Waals surface area contributed by atoms with Gasteiger partial charge in [0.15, 0.2) is 17.1 Å². The molecule has 0 aliphatic heterocycles. The average Bonchev–Trinajstić information content (AvgIpc) is 2.90. The summed E-state index contributed by atoms with van der Waals surface area (Å²) in [4.78, 5) is 14.0. The van der Waals surface area contributed by atoms with Crippen molar-refractivity contribution in [3.63, 3.8) is 0 Å². The maximum atomic E-state index is 12.4. The van der Waals surface area contributed by atoms with Crippen molar-refractivity contribution < 1.29 is 22.7 Å². The Morgan fingerprint density at radius 1 is 1.22 bits per heavy atom. The summed E-state index contributed by atoms with van der Waals surface area (Å²) in [7, 11) is 3.20. The molecular weight excluding hydrogens is 382 g/mol. The maximum absolute atomic E-state index is 12.4. The van der Waals surface area contributed by atoms with Crippen LogP contribution in [-0.4, -0.2) is 30.2 Å². The number of halogens is 3. The van der Waals surface area contributed by atoms with E-state index in [1.54, 1.807) is 30.3 Å². The van der Waals surface area contributed by atoms with Crippen molar-refractivity contribution in [2.24, 2.45) is 0 Å². The van der Waals surface area contributed by atoms with Gasteiger partial charge in [-0.1, -0.05) is 17.7 Å². The monoisotopic (exact) mass is 398 g/mol. The molecule has 27 heavy (non-hydrogen) atoms. The Labute approximate surface area is 158 Å². The van der Waals surface area contributed by atoms with E-state index < -0.39 is 12.4 Å². The Bertz CT molecular complexity index is 1000. The van der Waals surface area contributed by atoms with Crippen LogP contribution in [0.3, 0.4) is 0 Å². The van der Waals surface area contributed by atoms with Crippen molar-refractivity contribution in [3.8, 4) is 11.5 Å². The number of fused-ring (bicyclic) bond motifs is 1. The van der Waals surface area contributed by atoms with Crippen molar-refractivity contribution in [2.45, 2.75) is 19.8 Å². The van der Waals surface area contributed by atoms with Crippen molar-refractivity contribution in [3.05, 3.63) is 57.5 Å². The third-order valence-electron chi connectivity index (χ3n) is 3.91. The molecule has 1 aromatic heterocycles. The van der Waals surface area contributed by atoms with Crippen LogP contribution in [0.1, 0.15) is 5.56 Å². The predicted octanol–water partition coefficient (Wildman–Crippen LogP) is 3.95. The second-order valence-corrected chi connectivity index (χ2v) is 6.36. The molecule has 0 unspecified atom stereocenters. The van der Waals surface area contributed by atoms with E-state index in [2.05, 4.69) is 4.74 Å². The van der Waals surface area contributed by atoms with Crippen LogP contribution in [0.2, 0.25) is 5.02 Å². The quantitative estimate of drug-likeness (QED) is 0.603. The van der Waals surface area contributed by atoms with Gasteiger partial charge in [0, 0.05) is 17.6 Å². The Hall–Kier alpha value is -2.58. The van der Waals surface area contributed by atoms with E-state index in [0.29, 0.717) is 22.7 Å². The van der Waals surface area contributed by atoms with E-state index in [1.165, 1.54) is 17.7 Å². The van der Waals surface area contributed by atoms with Crippen LogP contribution in [-0.2, 0) is 13.2 Å². The average molecular weight is 399 g/mol. The number of ether oxygens (including phenoxy) is 2. The van der Waals surface area contributed by atoms with E-state index >= 15 is 0 Å². The van der Waals surface area contributed by atoms with Gasteiger partial charge in [-0.25, -0.2) is 4.79 Å². The number of benzene rings is 2. The zero-order chi connectivity index (χ0) is 19.6. The molecular formula is C18H17ClF2N2O4. The van der Waals surface area contributed by atoms with Crippen LogP contribution in [0, 0.1) is 0 Å². The predicted molar refractivity (Wildman–Crippen MR) is 96.6 cm³/mol. The van der Waals surface area contributed by atoms with E-state index in [4.69, 9.17) is 20.8 Å². The van der Waals surface area contributed by atoms with Crippen molar-refractivity contribution in [2.75, 3.05) is 14.2 Å². The molecule has 0 amide bonds. The lowest BCUT2D eigenvalue weighted by Crippen LogP contribution is -2.27. The van der Waals surface area contributed by atoms with Gasteiger partial charge in [0.1, 0.15) is 0 Å². The van der Waals surface area contributed by atoms with Gasteiger partial charge in [-0.05, 0) is 36.9 Å². The summed E-state index contributed by atoms with van der Waals surface area (Å²) in [5.74, 6) is -0.313. The SMILES string of the molecule is COc1cc(CN(C)Cn2c(=O)oc3cc(Cl)ccc32)ccc1OC(F)F. The van der Waals surface area contributed by atoms with Crippen LogP contribution in [0.5, 0.6) is 11.5 Å². The van der Waals surface area contributed by atoms with Crippen molar-refractivity contribution in [1.29, 1.82) is 0 Å². The summed E-state index contributed by atoms with van der Waals surface area (Å²) < 4.78 is 41.0. The van der Waals surface area contributed by atoms with Gasteiger partial charge in [-0.2, -0.15) is 8.78 Å². The molecule has 0 spiro atoms. The highest BCUT2D eigenvalue weighted by atomic mass is 35.5. The molecule has 0 aliphatic rings. The topological polar surface area (TPSA) is 56.8 Å². The van der Waals surface area contributed by atoms with Crippen LogP contribution in [0.25, 0.3) is 11.1 Å². The van der Waals surface area contributed by atoms with E-state index in [-0.39, 0.29) is 18.2 Å². The highest BCUT2D eigenvalue weighted by Gasteiger charge is 2.14. The molecule has 0 N–H and O–H groups in total. The number of oxazole rings is 1. The van der Waals surface area contributed by atoms with Gasteiger partial charge >= 0.3 is 12.4 Å². The van der Waals surface area contributed by atoms with Gasteiger partial charge < -0.3 is 13.9 Å². The summed E-state index contributed by atoms with van der Waals surface area (Å²) in [6.45, 7) is -2.22. The van der Waals surface area contributed by atoms with E-state index in [1.807, 2.05) is 11.9 Å². The largest absolute Gasteiger partial charge is 0.493 e. The molecule has 9 heteroatoms. The van der Waals surface area contributed by atoms with Crippen LogP contribution in [0.4, 0.5) is 8.78 Å². The van der Waals surface area contributed by atoms with Gasteiger partial charge in [-0.15, -0.1) is 0 Å². The normalized spacial score (nSPS) is 11.5. The first-order valence-electron chi connectivity index (χ1n) is 7.96. The maximum Gasteiger partial charge on any atom is 0.421 e. The van der Waals surface area contributed by atoms with Gasteiger partial charge in [0.25, 0.3) is 0 Å². The molecule has 0 bridgehead atoms. The van der Waals surface area contributed by atoms with Crippen LogP contribution in [0.15, 0.2) is 45.6 Å². The summed E-state index contributed by atoms with van der Waals surface area (Å²) in [5, 5.41) is 0.481. The number of nitrogens with zero attached hydrogens (tertiary/aromatic N) is 2. The Morgan fingerprint density at radius 2 is 2.00 bits per heavy atom. The molecule has 1 heterocycles. The standard InChI is InChI=1S/C18H17ClF2N2O4/c1-22(9-11-3-6-14(26-17(20)21)16(7-11)25-2)10-23-13-5-4-12(19)8-15(13)27-18(23)24/h3-8,17H,9-10H2,1-2H3. The third-order valence-corrected chi connectivity index (χ3v) is 4.14. The fraction of sp³-hybridized carbons (Fsp3) is 0.278. The van der Waals surface area contributed by atoms with Crippen LogP contribution < -0.4 is 15.2 Å². The smallest absolute Gasteiger partial charge is 0.421 e. The zero-order valence-corrected chi connectivity index (χ0v) is 15.4. The molecule has 0 fully saturated rings. The lowest BCUT2D eigenvalue weighted by atomic mass is 10.2. The Morgan fingerprint density at radius 3 is 2.70 bits per heavy atom. The minimum Gasteiger partial charge on any atom is -0.493 e. The molecule has 2 aromatic carbocycles. The second kappa shape index (κ2) is 7.98. The number of methoxy groups -OCH3 is 1. The van der Waals surface area contributed by atoms with Gasteiger partial charge in [0.2, 0.25) is 0 Å². The molecule has 0 aliphatic carbocycles. The van der Waals surface area contributed by atoms with E-state index in [9.17, 15) is 13.6 Å². The van der Waals surface area contributed by atoms with Gasteiger partial charge in [0.05, 0.1) is 19.3 Å². The molecule has 144 valence electrons. The lowest BCUT2D eigenvalue weighted by Gasteiger charge is -2.18. The molecule has 3 rings (SSSR count).